The van der Waals surface area contributed by atoms with Crippen LogP contribution in [0, 0.1) is 23.3 Å². The van der Waals surface area contributed by atoms with Crippen LogP contribution in [0.2, 0.25) is 19.6 Å². The van der Waals surface area contributed by atoms with Crippen molar-refractivity contribution in [2.24, 2.45) is 11.8 Å². The van der Waals surface area contributed by atoms with Gasteiger partial charge in [0.2, 0.25) is 0 Å². The van der Waals surface area contributed by atoms with Crippen molar-refractivity contribution in [1.29, 1.82) is 0 Å². The Morgan fingerprint density at radius 1 is 0.811 bits per heavy atom. The molecule has 0 atom stereocenters. The van der Waals surface area contributed by atoms with Crippen molar-refractivity contribution in [3.05, 3.63) is 144 Å². The molecule has 0 saturated carbocycles. The molecule has 271 valence electrons. The molecule has 3 nitrogen and oxygen atoms in total. The average molecular weight is 908 g/mol. The number of imidazole rings is 1. The van der Waals surface area contributed by atoms with Gasteiger partial charge in [0.1, 0.15) is 0 Å². The minimum Gasteiger partial charge on any atom is -0.333 e. The molecule has 1 radical (unpaired) electrons. The molecule has 8 aromatic rings. The van der Waals surface area contributed by atoms with Crippen LogP contribution in [0.25, 0.3) is 60.2 Å². The van der Waals surface area contributed by atoms with Crippen LogP contribution in [0.5, 0.6) is 0 Å². The van der Waals surface area contributed by atoms with Gasteiger partial charge in [-0.2, -0.15) is 0 Å². The fourth-order valence-electron chi connectivity index (χ4n) is 6.89. The van der Waals surface area contributed by atoms with Crippen molar-refractivity contribution in [1.82, 2.24) is 14.5 Å². The van der Waals surface area contributed by atoms with Crippen molar-refractivity contribution in [3.8, 4) is 28.3 Å². The van der Waals surface area contributed by atoms with Gasteiger partial charge in [-0.25, -0.2) is 0 Å². The van der Waals surface area contributed by atoms with Gasteiger partial charge >= 0.3 is 0 Å². The first-order valence-corrected chi connectivity index (χ1v) is 22.5. The summed E-state index contributed by atoms with van der Waals surface area (Å²) in [6, 6.07) is 42.5. The number of benzene rings is 5. The summed E-state index contributed by atoms with van der Waals surface area (Å²) in [6.07, 6.45) is 1.82. The Morgan fingerprint density at radius 3 is 2.32 bits per heavy atom. The molecule has 53 heavy (non-hydrogen) atoms. The smallest absolute Gasteiger partial charge is 0.0798 e. The van der Waals surface area contributed by atoms with Crippen molar-refractivity contribution in [2.75, 3.05) is 0 Å². The number of aromatic nitrogens is 3. The monoisotopic (exact) mass is 908 g/mol. The van der Waals surface area contributed by atoms with Gasteiger partial charge < -0.3 is 9.55 Å². The maximum atomic E-state index is 8.62. The molecule has 0 fully saturated rings. The largest absolute Gasteiger partial charge is 0.333 e. The Hall–Kier alpha value is -4.19. The Labute approximate surface area is 336 Å². The second-order valence-corrected chi connectivity index (χ2v) is 21.1. The van der Waals surface area contributed by atoms with E-state index in [0.29, 0.717) is 11.5 Å². The third kappa shape index (κ3) is 8.47. The van der Waals surface area contributed by atoms with E-state index in [0.717, 1.165) is 61.3 Å². The van der Waals surface area contributed by atoms with Crippen molar-refractivity contribution >= 4 is 56.5 Å². The van der Waals surface area contributed by atoms with Gasteiger partial charge in [0.25, 0.3) is 0 Å². The minimum absolute atomic E-state index is 0. The first-order chi connectivity index (χ1) is 25.8. The van der Waals surface area contributed by atoms with E-state index in [-0.39, 0.29) is 26.0 Å². The second-order valence-electron chi connectivity index (χ2n) is 15.2. The molecule has 3 aromatic heterocycles. The number of pyridine rings is 1. The zero-order chi connectivity index (χ0) is 38.2. The number of para-hydroxylation sites is 2. The van der Waals surface area contributed by atoms with Gasteiger partial charge in [-0.15, -0.1) is 47.3 Å². The van der Waals surface area contributed by atoms with Gasteiger partial charge in [-0.3, -0.25) is 16.3 Å². The molecule has 0 aliphatic carbocycles. The molecule has 6 heteroatoms. The van der Waals surface area contributed by atoms with Gasteiger partial charge in [-0.05, 0) is 59.1 Å². The molecule has 0 spiro atoms. The van der Waals surface area contributed by atoms with Crippen LogP contribution in [0.15, 0.2) is 121 Å². The first-order valence-electron chi connectivity index (χ1n) is 19.2. The number of hydrogen-bond acceptors (Lipinski definition) is 3. The number of nitrogens with zero attached hydrogens (tertiary/aromatic N) is 3. The summed E-state index contributed by atoms with van der Waals surface area (Å²) in [5.74, 6) is 1.36. The van der Waals surface area contributed by atoms with E-state index < -0.39 is 14.4 Å². The zero-order valence-corrected chi connectivity index (χ0v) is 35.7. The van der Waals surface area contributed by atoms with Gasteiger partial charge in [0, 0.05) is 40.1 Å². The Bertz CT molecular complexity index is 2560. The summed E-state index contributed by atoms with van der Waals surface area (Å²) in [4.78, 5) is 9.75. The Morgan fingerprint density at radius 2 is 1.57 bits per heavy atom. The van der Waals surface area contributed by atoms with Gasteiger partial charge in [0.05, 0.1) is 24.9 Å². The van der Waals surface area contributed by atoms with Crippen LogP contribution in [-0.2, 0) is 32.9 Å². The molecular weight excluding hydrogens is 859 g/mol. The predicted molar refractivity (Wildman–Crippen MR) is 227 cm³/mol. The van der Waals surface area contributed by atoms with E-state index in [9.17, 15) is 0 Å². The fraction of sp³-hybridized carbons (Fsp3) is 0.234. The third-order valence-electron chi connectivity index (χ3n) is 9.17. The number of fused-ring (bicyclic) bond motifs is 3. The molecule has 8 rings (SSSR count). The number of thiophene rings is 1. The van der Waals surface area contributed by atoms with Crippen LogP contribution in [0.3, 0.4) is 0 Å². The first kappa shape index (κ1) is 35.8. The summed E-state index contributed by atoms with van der Waals surface area (Å²) in [5.41, 5.74) is 8.23. The molecule has 0 amide bonds. The predicted octanol–water partition coefficient (Wildman–Crippen LogP) is 12.3. The van der Waals surface area contributed by atoms with E-state index >= 15 is 0 Å². The summed E-state index contributed by atoms with van der Waals surface area (Å²) in [6.45, 7) is 15.6. The quantitative estimate of drug-likeness (QED) is 0.112. The van der Waals surface area contributed by atoms with Crippen LogP contribution < -0.4 is 5.19 Å². The average Bonchev–Trinajstić information content (AvgIpc) is 3.75. The maximum Gasteiger partial charge on any atom is 0.0798 e. The summed E-state index contributed by atoms with van der Waals surface area (Å²) < 4.78 is 20.5. The zero-order valence-electron chi connectivity index (χ0n) is 33.5. The van der Waals surface area contributed by atoms with E-state index in [1.54, 1.807) is 11.3 Å². The molecule has 0 aliphatic heterocycles. The summed E-state index contributed by atoms with van der Waals surface area (Å²) in [5, 5.41) is 8.31. The van der Waals surface area contributed by atoms with Gasteiger partial charge in [-0.1, -0.05) is 141 Å². The number of hydrogen-bond donors (Lipinski definition) is 0. The fourth-order valence-corrected chi connectivity index (χ4v) is 9.30. The Kier molecular flexibility index (Phi) is 11.1. The maximum absolute atomic E-state index is 8.62. The molecule has 0 unspecified atom stereocenters. The van der Waals surface area contributed by atoms with Crippen molar-refractivity contribution in [3.63, 3.8) is 0 Å². The second kappa shape index (κ2) is 16.4. The van der Waals surface area contributed by atoms with E-state index in [4.69, 9.17) is 7.73 Å². The van der Waals surface area contributed by atoms with Crippen LogP contribution >= 0.6 is 11.3 Å². The third-order valence-corrected chi connectivity index (χ3v) is 12.1. The van der Waals surface area contributed by atoms with Gasteiger partial charge in [0.15, 0.2) is 0 Å². The van der Waals surface area contributed by atoms with Crippen molar-refractivity contribution in [2.45, 2.75) is 60.1 Å². The molecule has 3 heterocycles. The molecule has 0 saturated heterocycles. The minimum atomic E-state index is -1.41. The molecule has 0 aliphatic rings. The SMILES string of the molecule is CC(C)Cc1cc(-c2[c-]cccc2)ncc1[Si](C)(C)C.[2H]C([2H])(c1ccc2s[c-]c(-c3nc4ccccc4n3-c3cccc4ccccc34)c2c1)C(C)C.[Ir]. The molecule has 0 N–H and O–H groups in total. The molecule has 5 aromatic carbocycles. The Balaban J connectivity index is 0.000000211. The number of rotatable bonds is 8. The van der Waals surface area contributed by atoms with Crippen LogP contribution in [0.4, 0.5) is 0 Å². The standard InChI is InChI=1S/C29H23N2S.C18H24NSi.Ir/c1-19(2)16-20-14-15-28-23(17-20)24(18-32-28)29-30-25-11-5-6-12-27(25)31(29)26-13-7-9-21-8-3-4-10-22(21)26;1-14(2)11-16-12-17(15-9-7-6-8-10-15)19-13-18(16)20(3,4)5;/h3-15,17,19H,16H2,1-2H3;6-9,12-14H,11H2,1-5H3;/q2*-1;/i16D2;;. The van der Waals surface area contributed by atoms with Crippen LogP contribution in [0.1, 0.15) is 41.6 Å². The topological polar surface area (TPSA) is 30.7 Å². The van der Waals surface area contributed by atoms with E-state index in [2.05, 4.69) is 121 Å². The summed E-state index contributed by atoms with van der Waals surface area (Å²) >= 11 is 1.55. The van der Waals surface area contributed by atoms with Crippen LogP contribution in [-0.4, -0.2) is 22.6 Å². The van der Waals surface area contributed by atoms with Crippen molar-refractivity contribution < 1.29 is 22.8 Å². The summed E-state index contributed by atoms with van der Waals surface area (Å²) in [7, 11) is -1.34. The molecule has 0 bridgehead atoms. The molecular formula is C47H47IrN3SSi-2. The van der Waals surface area contributed by atoms with E-state index in [1.165, 1.54) is 16.1 Å². The van der Waals surface area contributed by atoms with E-state index in [1.807, 2.05) is 68.4 Å². The normalized spacial score (nSPS) is 12.5.